The molecule has 2 heterocycles. The third-order valence-electron chi connectivity index (χ3n) is 4.68. The van der Waals surface area contributed by atoms with Crippen LogP contribution in [0, 0.1) is 0 Å². The number of benzene rings is 2. The molecule has 146 valence electrons. The lowest BCUT2D eigenvalue weighted by Crippen LogP contribution is -2.29. The predicted octanol–water partition coefficient (Wildman–Crippen LogP) is 5.52. The van der Waals surface area contributed by atoms with E-state index in [4.69, 9.17) is 16.0 Å². The topological polar surface area (TPSA) is 68.0 Å². The molecule has 5 nitrogen and oxygen atoms in total. The minimum atomic E-state index is -0.331. The van der Waals surface area contributed by atoms with Crippen molar-refractivity contribution in [3.63, 3.8) is 0 Å². The fourth-order valence-electron chi connectivity index (χ4n) is 3.12. The number of halogens is 1. The smallest absolute Gasteiger partial charge is 0.252 e. The number of oxazole rings is 1. The van der Waals surface area contributed by atoms with Gasteiger partial charge in [0.15, 0.2) is 11.5 Å². The van der Waals surface area contributed by atoms with Gasteiger partial charge in [-0.05, 0) is 53.6 Å². The number of nitrogens with zero attached hydrogens (tertiary/aromatic N) is 2. The second-order valence-corrected chi connectivity index (χ2v) is 7.56. The number of fused-ring (bicyclic) bond motifs is 1. The average molecular weight is 406 g/mol. The van der Waals surface area contributed by atoms with Gasteiger partial charge in [-0.15, -0.1) is 0 Å². The van der Waals surface area contributed by atoms with Crippen LogP contribution < -0.4 is 5.32 Å². The molecule has 0 aliphatic carbocycles. The lowest BCUT2D eigenvalue weighted by molar-refractivity contribution is 0.0943. The molecule has 0 spiro atoms. The fraction of sp³-hybridized carbons (Fsp3) is 0.174. The normalized spacial score (nSPS) is 12.3. The Morgan fingerprint density at radius 3 is 2.38 bits per heavy atom. The molecule has 1 amide bonds. The van der Waals surface area contributed by atoms with Crippen molar-refractivity contribution in [1.29, 1.82) is 0 Å². The molecule has 1 N–H and O–H groups in total. The second kappa shape index (κ2) is 8.05. The zero-order valence-electron chi connectivity index (χ0n) is 16.1. The highest BCUT2D eigenvalue weighted by atomic mass is 35.5. The van der Waals surface area contributed by atoms with Crippen molar-refractivity contribution >= 4 is 28.6 Å². The van der Waals surface area contributed by atoms with E-state index < -0.39 is 0 Å². The van der Waals surface area contributed by atoms with Crippen molar-refractivity contribution in [2.45, 2.75) is 25.8 Å². The number of aromatic nitrogens is 2. The molecule has 1 atom stereocenters. The molecule has 0 saturated carbocycles. The van der Waals surface area contributed by atoms with Crippen molar-refractivity contribution < 1.29 is 9.21 Å². The van der Waals surface area contributed by atoms with E-state index in [1.807, 2.05) is 50.2 Å². The van der Waals surface area contributed by atoms with Gasteiger partial charge >= 0.3 is 0 Å². The molecule has 0 fully saturated rings. The van der Waals surface area contributed by atoms with Gasteiger partial charge in [0.2, 0.25) is 0 Å². The van der Waals surface area contributed by atoms with Crippen LogP contribution in [-0.4, -0.2) is 15.9 Å². The predicted molar refractivity (Wildman–Crippen MR) is 113 cm³/mol. The van der Waals surface area contributed by atoms with E-state index in [1.165, 1.54) is 0 Å². The molecule has 4 aromatic rings. The molecule has 2 aromatic carbocycles. The van der Waals surface area contributed by atoms with Crippen LogP contribution in [0.2, 0.25) is 5.02 Å². The standard InChI is InChI=1S/C23H20ClN3O2/c1-14(2)23-26-19-13-17(5-8-20(19)29-23)22(28)27-21(16-9-11-25-12-10-16)15-3-6-18(24)7-4-15/h3-14,21H,1-2H3,(H,27,28). The number of carbonyl (C=O) groups excluding carboxylic acids is 1. The minimum absolute atomic E-state index is 0.181. The van der Waals surface area contributed by atoms with E-state index in [0.717, 1.165) is 11.1 Å². The fourth-order valence-corrected chi connectivity index (χ4v) is 3.24. The molecule has 0 bridgehead atoms. The first-order chi connectivity index (χ1) is 14.0. The quantitative estimate of drug-likeness (QED) is 0.474. The Balaban J connectivity index is 1.65. The number of hydrogen-bond donors (Lipinski definition) is 1. The monoisotopic (exact) mass is 405 g/mol. The molecular weight excluding hydrogens is 386 g/mol. The SMILES string of the molecule is CC(C)c1nc2cc(C(=O)NC(c3ccncc3)c3ccc(Cl)cc3)ccc2o1. The lowest BCUT2D eigenvalue weighted by atomic mass is 9.99. The van der Waals surface area contributed by atoms with E-state index in [1.54, 1.807) is 30.6 Å². The van der Waals surface area contributed by atoms with Gasteiger partial charge in [-0.3, -0.25) is 9.78 Å². The van der Waals surface area contributed by atoms with Gasteiger partial charge in [-0.2, -0.15) is 0 Å². The number of hydrogen-bond acceptors (Lipinski definition) is 4. The molecule has 4 rings (SSSR count). The molecule has 0 saturated heterocycles. The maximum Gasteiger partial charge on any atom is 0.252 e. The van der Waals surface area contributed by atoms with Crippen LogP contribution in [0.4, 0.5) is 0 Å². The minimum Gasteiger partial charge on any atom is -0.440 e. The molecule has 6 heteroatoms. The van der Waals surface area contributed by atoms with Gasteiger partial charge in [-0.1, -0.05) is 37.6 Å². The highest BCUT2D eigenvalue weighted by Gasteiger charge is 2.19. The Labute approximate surface area is 173 Å². The first kappa shape index (κ1) is 19.2. The maximum absolute atomic E-state index is 13.0. The average Bonchev–Trinajstić information content (AvgIpc) is 3.17. The summed E-state index contributed by atoms with van der Waals surface area (Å²) in [6.07, 6.45) is 3.42. The van der Waals surface area contributed by atoms with Gasteiger partial charge in [0.1, 0.15) is 5.52 Å². The summed E-state index contributed by atoms with van der Waals surface area (Å²) in [6, 6.07) is 16.2. The van der Waals surface area contributed by atoms with Crippen LogP contribution in [0.15, 0.2) is 71.4 Å². The van der Waals surface area contributed by atoms with Crippen LogP contribution in [0.5, 0.6) is 0 Å². The Bertz CT molecular complexity index is 1140. The van der Waals surface area contributed by atoms with E-state index in [9.17, 15) is 4.79 Å². The van der Waals surface area contributed by atoms with Crippen molar-refractivity contribution in [2.75, 3.05) is 0 Å². The number of rotatable bonds is 5. The van der Waals surface area contributed by atoms with Gasteiger partial charge in [0, 0.05) is 28.9 Å². The van der Waals surface area contributed by atoms with Gasteiger partial charge in [0.05, 0.1) is 6.04 Å². The lowest BCUT2D eigenvalue weighted by Gasteiger charge is -2.20. The van der Waals surface area contributed by atoms with Gasteiger partial charge in [-0.25, -0.2) is 4.98 Å². The summed E-state index contributed by atoms with van der Waals surface area (Å²) in [5.74, 6) is 0.645. The number of amides is 1. The molecule has 0 aliphatic heterocycles. The van der Waals surface area contributed by atoms with E-state index >= 15 is 0 Å². The van der Waals surface area contributed by atoms with Crippen LogP contribution in [0.3, 0.4) is 0 Å². The largest absolute Gasteiger partial charge is 0.440 e. The molecular formula is C23H20ClN3O2. The van der Waals surface area contributed by atoms with Crippen LogP contribution >= 0.6 is 11.6 Å². The summed E-state index contributed by atoms with van der Waals surface area (Å²) in [7, 11) is 0. The highest BCUT2D eigenvalue weighted by Crippen LogP contribution is 2.25. The Morgan fingerprint density at radius 1 is 1.00 bits per heavy atom. The summed E-state index contributed by atoms with van der Waals surface area (Å²) in [4.78, 5) is 21.6. The Hall–Kier alpha value is -3.18. The van der Waals surface area contributed by atoms with E-state index in [2.05, 4.69) is 15.3 Å². The van der Waals surface area contributed by atoms with Crippen LogP contribution in [0.1, 0.15) is 53.2 Å². The molecule has 2 aromatic heterocycles. The molecule has 1 unspecified atom stereocenters. The van der Waals surface area contributed by atoms with Crippen molar-refractivity contribution in [3.8, 4) is 0 Å². The second-order valence-electron chi connectivity index (χ2n) is 7.13. The van der Waals surface area contributed by atoms with E-state index in [0.29, 0.717) is 27.6 Å². The first-order valence-electron chi connectivity index (χ1n) is 9.38. The summed E-state index contributed by atoms with van der Waals surface area (Å²) in [6.45, 7) is 4.04. The van der Waals surface area contributed by atoms with Crippen LogP contribution in [-0.2, 0) is 0 Å². The van der Waals surface area contributed by atoms with Gasteiger partial charge < -0.3 is 9.73 Å². The van der Waals surface area contributed by atoms with Crippen LogP contribution in [0.25, 0.3) is 11.1 Å². The summed E-state index contributed by atoms with van der Waals surface area (Å²) < 4.78 is 5.73. The van der Waals surface area contributed by atoms with Gasteiger partial charge in [0.25, 0.3) is 5.91 Å². The third kappa shape index (κ3) is 4.15. The molecule has 0 aliphatic rings. The Morgan fingerprint density at radius 2 is 1.69 bits per heavy atom. The van der Waals surface area contributed by atoms with Crippen molar-refractivity contribution in [3.05, 3.63) is 94.6 Å². The zero-order chi connectivity index (χ0) is 20.4. The maximum atomic E-state index is 13.0. The third-order valence-corrected chi connectivity index (χ3v) is 4.93. The number of carbonyl (C=O) groups is 1. The van der Waals surface area contributed by atoms with E-state index in [-0.39, 0.29) is 17.9 Å². The van der Waals surface area contributed by atoms with Crippen molar-refractivity contribution in [1.82, 2.24) is 15.3 Å². The van der Waals surface area contributed by atoms with Crippen molar-refractivity contribution in [2.24, 2.45) is 0 Å². The molecule has 0 radical (unpaired) electrons. The zero-order valence-corrected chi connectivity index (χ0v) is 16.9. The molecule has 29 heavy (non-hydrogen) atoms. The summed E-state index contributed by atoms with van der Waals surface area (Å²) in [5, 5.41) is 3.76. The number of pyridine rings is 1. The first-order valence-corrected chi connectivity index (χ1v) is 9.76. The highest BCUT2D eigenvalue weighted by molar-refractivity contribution is 6.30. The summed E-state index contributed by atoms with van der Waals surface area (Å²) >= 11 is 6.03. The number of nitrogens with one attached hydrogen (secondary N) is 1. The Kier molecular flexibility index (Phi) is 5.32. The summed E-state index contributed by atoms with van der Waals surface area (Å²) in [5.41, 5.74) is 3.73.